The van der Waals surface area contributed by atoms with Crippen LogP contribution in [0.2, 0.25) is 5.02 Å². The van der Waals surface area contributed by atoms with Crippen molar-refractivity contribution < 1.29 is 4.39 Å². The van der Waals surface area contributed by atoms with Gasteiger partial charge >= 0.3 is 0 Å². The first kappa shape index (κ1) is 14.6. The van der Waals surface area contributed by atoms with E-state index in [-0.39, 0.29) is 11.7 Å². The fourth-order valence-electron chi connectivity index (χ4n) is 3.18. The predicted octanol–water partition coefficient (Wildman–Crippen LogP) is 4.65. The number of halogens is 2. The summed E-state index contributed by atoms with van der Waals surface area (Å²) in [7, 11) is 0. The van der Waals surface area contributed by atoms with Crippen LogP contribution in [0.3, 0.4) is 0 Å². The first-order valence-electron chi connectivity index (χ1n) is 7.37. The Hall–Kier alpha value is -1.38. The number of hydrogen-bond donors (Lipinski definition) is 1. The van der Waals surface area contributed by atoms with E-state index in [9.17, 15) is 4.39 Å². The van der Waals surface area contributed by atoms with E-state index in [0.29, 0.717) is 5.92 Å². The van der Waals surface area contributed by atoms with Crippen molar-refractivity contribution in [2.45, 2.75) is 25.2 Å². The van der Waals surface area contributed by atoms with Gasteiger partial charge in [0.05, 0.1) is 0 Å². The van der Waals surface area contributed by atoms with E-state index >= 15 is 0 Å². The van der Waals surface area contributed by atoms with Crippen molar-refractivity contribution in [2.24, 2.45) is 0 Å². The molecule has 1 saturated heterocycles. The minimum absolute atomic E-state index is 0.168. The van der Waals surface area contributed by atoms with Crippen LogP contribution >= 0.6 is 11.6 Å². The zero-order valence-electron chi connectivity index (χ0n) is 12.1. The topological polar surface area (TPSA) is 12.0 Å². The molecule has 0 bridgehead atoms. The van der Waals surface area contributed by atoms with Gasteiger partial charge in [-0.2, -0.15) is 0 Å². The van der Waals surface area contributed by atoms with E-state index in [2.05, 4.69) is 23.5 Å². The maximum absolute atomic E-state index is 13.5. The van der Waals surface area contributed by atoms with Crippen LogP contribution in [0, 0.1) is 12.7 Å². The monoisotopic (exact) mass is 303 g/mol. The number of hydrogen-bond acceptors (Lipinski definition) is 1. The minimum atomic E-state index is -0.168. The van der Waals surface area contributed by atoms with Gasteiger partial charge in [0, 0.05) is 17.5 Å². The summed E-state index contributed by atoms with van der Waals surface area (Å²) in [6, 6.07) is 13.3. The van der Waals surface area contributed by atoms with Crippen molar-refractivity contribution in [1.82, 2.24) is 5.32 Å². The van der Waals surface area contributed by atoms with Gasteiger partial charge in [-0.1, -0.05) is 35.9 Å². The molecule has 0 amide bonds. The Kier molecular flexibility index (Phi) is 4.27. The van der Waals surface area contributed by atoms with Crippen molar-refractivity contribution in [1.29, 1.82) is 0 Å². The Labute approximate surface area is 130 Å². The second-order valence-corrected chi connectivity index (χ2v) is 6.18. The molecule has 2 aromatic carbocycles. The highest BCUT2D eigenvalue weighted by atomic mass is 35.5. The summed E-state index contributed by atoms with van der Waals surface area (Å²) in [5, 5.41) is 4.23. The van der Waals surface area contributed by atoms with Gasteiger partial charge in [-0.15, -0.1) is 0 Å². The van der Waals surface area contributed by atoms with Crippen LogP contribution in [0.4, 0.5) is 4.39 Å². The molecule has 1 aliphatic heterocycles. The van der Waals surface area contributed by atoms with Gasteiger partial charge in [0.15, 0.2) is 0 Å². The number of nitrogens with one attached hydrogen (secondary N) is 1. The molecule has 0 spiro atoms. The molecule has 3 heteroatoms. The van der Waals surface area contributed by atoms with E-state index in [1.807, 2.05) is 13.0 Å². The third kappa shape index (κ3) is 3.12. The molecule has 2 unspecified atom stereocenters. The molecule has 3 rings (SSSR count). The average molecular weight is 304 g/mol. The molecule has 1 nitrogen and oxygen atoms in total. The van der Waals surface area contributed by atoms with Gasteiger partial charge in [0.1, 0.15) is 5.82 Å². The maximum Gasteiger partial charge on any atom is 0.123 e. The molecule has 2 atom stereocenters. The van der Waals surface area contributed by atoms with Crippen LogP contribution in [-0.4, -0.2) is 13.1 Å². The highest BCUT2D eigenvalue weighted by Gasteiger charge is 2.28. The standard InChI is InChI=1S/C18H19ClFN/c1-12-5-6-14(10-18(12)19)16-7-8-21-11-17(16)13-3-2-4-15(20)9-13/h2-6,9-10,16-17,21H,7-8,11H2,1H3. The number of piperidine rings is 1. The molecule has 21 heavy (non-hydrogen) atoms. The van der Waals surface area contributed by atoms with E-state index in [4.69, 9.17) is 11.6 Å². The third-order valence-electron chi connectivity index (χ3n) is 4.38. The number of benzene rings is 2. The van der Waals surface area contributed by atoms with Gasteiger partial charge in [0.2, 0.25) is 0 Å². The van der Waals surface area contributed by atoms with Crippen molar-refractivity contribution in [3.8, 4) is 0 Å². The van der Waals surface area contributed by atoms with Gasteiger partial charge < -0.3 is 5.32 Å². The van der Waals surface area contributed by atoms with Gasteiger partial charge in [-0.05, 0) is 60.7 Å². The quantitative estimate of drug-likeness (QED) is 0.851. The largest absolute Gasteiger partial charge is 0.316 e. The van der Waals surface area contributed by atoms with Crippen molar-refractivity contribution >= 4 is 11.6 Å². The fourth-order valence-corrected chi connectivity index (χ4v) is 3.37. The predicted molar refractivity (Wildman–Crippen MR) is 85.6 cm³/mol. The van der Waals surface area contributed by atoms with E-state index in [1.54, 1.807) is 12.1 Å². The molecule has 1 heterocycles. The molecule has 110 valence electrons. The normalized spacial score (nSPS) is 22.2. The number of rotatable bonds is 2. The molecule has 0 aliphatic carbocycles. The molecular formula is C18H19ClFN. The van der Waals surface area contributed by atoms with Crippen LogP contribution in [-0.2, 0) is 0 Å². The second kappa shape index (κ2) is 6.17. The third-order valence-corrected chi connectivity index (χ3v) is 4.79. The summed E-state index contributed by atoms with van der Waals surface area (Å²) in [5.41, 5.74) is 3.40. The summed E-state index contributed by atoms with van der Waals surface area (Å²) in [5.74, 6) is 0.498. The molecule has 0 saturated carbocycles. The molecule has 0 radical (unpaired) electrons. The Morgan fingerprint density at radius 2 is 1.90 bits per heavy atom. The summed E-state index contributed by atoms with van der Waals surface area (Å²) >= 11 is 6.28. The molecule has 1 aliphatic rings. The Balaban J connectivity index is 1.96. The van der Waals surface area contributed by atoms with Crippen molar-refractivity contribution in [2.75, 3.05) is 13.1 Å². The van der Waals surface area contributed by atoms with E-state index < -0.39 is 0 Å². The summed E-state index contributed by atoms with van der Waals surface area (Å²) < 4.78 is 13.5. The van der Waals surface area contributed by atoms with Crippen LogP contribution in [0.5, 0.6) is 0 Å². The summed E-state index contributed by atoms with van der Waals surface area (Å²) in [6.45, 7) is 3.88. The fraction of sp³-hybridized carbons (Fsp3) is 0.333. The van der Waals surface area contributed by atoms with Gasteiger partial charge in [0.25, 0.3) is 0 Å². The highest BCUT2D eigenvalue weighted by Crippen LogP contribution is 2.38. The maximum atomic E-state index is 13.5. The highest BCUT2D eigenvalue weighted by molar-refractivity contribution is 6.31. The van der Waals surface area contributed by atoms with Crippen LogP contribution < -0.4 is 5.32 Å². The van der Waals surface area contributed by atoms with Crippen LogP contribution in [0.1, 0.15) is 34.9 Å². The molecule has 0 aromatic heterocycles. The molecule has 1 N–H and O–H groups in total. The van der Waals surface area contributed by atoms with Crippen molar-refractivity contribution in [3.63, 3.8) is 0 Å². The lowest BCUT2D eigenvalue weighted by Crippen LogP contribution is -2.34. The van der Waals surface area contributed by atoms with Crippen LogP contribution in [0.15, 0.2) is 42.5 Å². The van der Waals surface area contributed by atoms with E-state index in [1.165, 1.54) is 11.6 Å². The zero-order chi connectivity index (χ0) is 14.8. The van der Waals surface area contributed by atoms with E-state index in [0.717, 1.165) is 35.7 Å². The van der Waals surface area contributed by atoms with Gasteiger partial charge in [-0.25, -0.2) is 4.39 Å². The van der Waals surface area contributed by atoms with Gasteiger partial charge in [-0.3, -0.25) is 0 Å². The molecular weight excluding hydrogens is 285 g/mol. The average Bonchev–Trinajstić information content (AvgIpc) is 2.50. The lowest BCUT2D eigenvalue weighted by molar-refractivity contribution is 0.403. The minimum Gasteiger partial charge on any atom is -0.316 e. The lowest BCUT2D eigenvalue weighted by atomic mass is 9.77. The molecule has 1 fully saturated rings. The van der Waals surface area contributed by atoms with Crippen molar-refractivity contribution in [3.05, 3.63) is 70.0 Å². The Bertz CT molecular complexity index is 641. The zero-order valence-corrected chi connectivity index (χ0v) is 12.8. The summed E-state index contributed by atoms with van der Waals surface area (Å²) in [6.07, 6.45) is 1.04. The first-order valence-corrected chi connectivity index (χ1v) is 7.75. The molecule has 2 aromatic rings. The SMILES string of the molecule is Cc1ccc(C2CCNCC2c2cccc(F)c2)cc1Cl. The second-order valence-electron chi connectivity index (χ2n) is 5.77. The lowest BCUT2D eigenvalue weighted by Gasteiger charge is -2.33. The first-order chi connectivity index (χ1) is 10.1. The summed E-state index contributed by atoms with van der Waals surface area (Å²) in [4.78, 5) is 0. The smallest absolute Gasteiger partial charge is 0.123 e. The number of aryl methyl sites for hydroxylation is 1. The Morgan fingerprint density at radius 1 is 1.10 bits per heavy atom. The Morgan fingerprint density at radius 3 is 2.67 bits per heavy atom. The van der Waals surface area contributed by atoms with Crippen LogP contribution in [0.25, 0.3) is 0 Å².